The van der Waals surface area contributed by atoms with Crippen LogP contribution in [0.15, 0.2) is 52.3 Å². The Labute approximate surface area is 161 Å². The van der Waals surface area contributed by atoms with Crippen LogP contribution >= 0.6 is 27.3 Å². The molecule has 1 heterocycles. The minimum absolute atomic E-state index is 0.0123. The normalized spacial score (nSPS) is 10.6. The molecule has 0 bridgehead atoms. The number of anilines is 1. The van der Waals surface area contributed by atoms with Crippen LogP contribution in [0.3, 0.4) is 0 Å². The highest BCUT2D eigenvalue weighted by Gasteiger charge is 2.21. The van der Waals surface area contributed by atoms with Crippen LogP contribution in [0.5, 0.6) is 0 Å². The van der Waals surface area contributed by atoms with E-state index in [1.54, 1.807) is 24.4 Å². The first-order valence-electron chi connectivity index (χ1n) is 7.55. The maximum absolute atomic E-state index is 13.7. The molecule has 3 rings (SSSR count). The van der Waals surface area contributed by atoms with Crippen LogP contribution in [0.1, 0.15) is 26.3 Å². The zero-order valence-electron chi connectivity index (χ0n) is 13.5. The van der Waals surface area contributed by atoms with Gasteiger partial charge in [0.15, 0.2) is 0 Å². The van der Waals surface area contributed by atoms with Crippen LogP contribution in [-0.2, 0) is 0 Å². The van der Waals surface area contributed by atoms with E-state index in [1.165, 1.54) is 12.1 Å². The van der Waals surface area contributed by atoms with Crippen molar-refractivity contribution >= 4 is 44.1 Å². The number of benzene rings is 2. The van der Waals surface area contributed by atoms with Crippen LogP contribution in [0, 0.1) is 12.7 Å². The first-order chi connectivity index (χ1) is 12.4. The molecule has 2 N–H and O–H groups in total. The standard InChI is InChI=1S/C19H13BrFNO3S/c1-10-2-3-12(8-15(10)21)17(23)22-18-16(19(24)25)14(9-26-18)11-4-6-13(20)7-5-11/h2-9H,1H3,(H,22,23)(H,24,25). The van der Waals surface area contributed by atoms with Crippen molar-refractivity contribution in [1.82, 2.24) is 0 Å². The van der Waals surface area contributed by atoms with Crippen molar-refractivity contribution in [3.63, 3.8) is 0 Å². The fourth-order valence-corrected chi connectivity index (χ4v) is 3.63. The van der Waals surface area contributed by atoms with E-state index >= 15 is 0 Å². The van der Waals surface area contributed by atoms with Crippen LogP contribution in [0.4, 0.5) is 9.39 Å². The molecule has 0 saturated heterocycles. The second kappa shape index (κ2) is 7.39. The maximum atomic E-state index is 13.7. The molecule has 0 aliphatic heterocycles. The minimum atomic E-state index is -1.14. The van der Waals surface area contributed by atoms with Gasteiger partial charge in [0.05, 0.1) is 0 Å². The van der Waals surface area contributed by atoms with Crippen molar-refractivity contribution in [1.29, 1.82) is 0 Å². The average Bonchev–Trinajstić information content (AvgIpc) is 3.01. The number of rotatable bonds is 4. The number of hydrogen-bond donors (Lipinski definition) is 2. The first kappa shape index (κ1) is 18.3. The van der Waals surface area contributed by atoms with Gasteiger partial charge in [-0.1, -0.05) is 34.1 Å². The highest BCUT2D eigenvalue weighted by Crippen LogP contribution is 2.36. The minimum Gasteiger partial charge on any atom is -0.478 e. The van der Waals surface area contributed by atoms with Crippen molar-refractivity contribution < 1.29 is 19.1 Å². The Hall–Kier alpha value is -2.51. The van der Waals surface area contributed by atoms with Crippen molar-refractivity contribution in [3.8, 4) is 11.1 Å². The van der Waals surface area contributed by atoms with Gasteiger partial charge in [-0.15, -0.1) is 11.3 Å². The molecule has 0 saturated carbocycles. The molecule has 0 unspecified atom stereocenters. The number of carboxylic acid groups (broad SMARTS) is 1. The third-order valence-electron chi connectivity index (χ3n) is 3.82. The molecule has 3 aromatic rings. The number of carbonyl (C=O) groups is 2. The predicted molar refractivity (Wildman–Crippen MR) is 104 cm³/mol. The Bertz CT molecular complexity index is 999. The number of halogens is 2. The van der Waals surface area contributed by atoms with E-state index in [0.717, 1.165) is 27.4 Å². The molecule has 0 spiro atoms. The molecule has 1 aromatic heterocycles. The van der Waals surface area contributed by atoms with E-state index in [9.17, 15) is 19.1 Å². The Morgan fingerprint density at radius 1 is 1.15 bits per heavy atom. The smallest absolute Gasteiger partial charge is 0.339 e. The molecule has 0 fully saturated rings. The molecule has 0 aliphatic rings. The molecule has 2 aromatic carbocycles. The number of carboxylic acids is 1. The summed E-state index contributed by atoms with van der Waals surface area (Å²) in [6.45, 7) is 1.60. The van der Waals surface area contributed by atoms with E-state index in [4.69, 9.17) is 0 Å². The molecule has 7 heteroatoms. The number of hydrogen-bond acceptors (Lipinski definition) is 3. The summed E-state index contributed by atoms with van der Waals surface area (Å²) in [5.41, 5.74) is 1.81. The molecule has 1 amide bonds. The zero-order chi connectivity index (χ0) is 18.8. The van der Waals surface area contributed by atoms with E-state index in [1.807, 2.05) is 12.1 Å². The van der Waals surface area contributed by atoms with Crippen molar-refractivity contribution in [2.24, 2.45) is 0 Å². The van der Waals surface area contributed by atoms with Gasteiger partial charge in [-0.3, -0.25) is 4.79 Å². The molecule has 132 valence electrons. The monoisotopic (exact) mass is 433 g/mol. The van der Waals surface area contributed by atoms with Gasteiger partial charge in [-0.05, 0) is 42.3 Å². The Morgan fingerprint density at radius 3 is 2.46 bits per heavy atom. The van der Waals surface area contributed by atoms with E-state index in [-0.39, 0.29) is 16.1 Å². The van der Waals surface area contributed by atoms with Crippen LogP contribution < -0.4 is 5.32 Å². The Kier molecular flexibility index (Phi) is 5.20. The van der Waals surface area contributed by atoms with Gasteiger partial charge in [0.25, 0.3) is 5.91 Å². The summed E-state index contributed by atoms with van der Waals surface area (Å²) >= 11 is 4.45. The molecule has 4 nitrogen and oxygen atoms in total. The number of aryl methyl sites for hydroxylation is 1. The molecule has 26 heavy (non-hydrogen) atoms. The third-order valence-corrected chi connectivity index (χ3v) is 5.25. The Morgan fingerprint density at radius 2 is 1.85 bits per heavy atom. The van der Waals surface area contributed by atoms with Gasteiger partial charge >= 0.3 is 5.97 Å². The lowest BCUT2D eigenvalue weighted by Crippen LogP contribution is -2.14. The lowest BCUT2D eigenvalue weighted by atomic mass is 10.0. The topological polar surface area (TPSA) is 66.4 Å². The summed E-state index contributed by atoms with van der Waals surface area (Å²) in [5.74, 6) is -2.19. The zero-order valence-corrected chi connectivity index (χ0v) is 15.9. The molecule has 0 aliphatic carbocycles. The fraction of sp³-hybridized carbons (Fsp3) is 0.0526. The van der Waals surface area contributed by atoms with Gasteiger partial charge in [0.2, 0.25) is 0 Å². The van der Waals surface area contributed by atoms with Gasteiger partial charge < -0.3 is 10.4 Å². The molecular weight excluding hydrogens is 421 g/mol. The second-order valence-electron chi connectivity index (χ2n) is 5.58. The summed E-state index contributed by atoms with van der Waals surface area (Å²) < 4.78 is 14.5. The van der Waals surface area contributed by atoms with Crippen LogP contribution in [0.2, 0.25) is 0 Å². The summed E-state index contributed by atoms with van der Waals surface area (Å²) in [4.78, 5) is 24.1. The van der Waals surface area contributed by atoms with E-state index in [0.29, 0.717) is 11.1 Å². The van der Waals surface area contributed by atoms with Gasteiger partial charge in [-0.2, -0.15) is 0 Å². The first-order valence-corrected chi connectivity index (χ1v) is 9.22. The number of thiophene rings is 1. The van der Waals surface area contributed by atoms with Crippen molar-refractivity contribution in [3.05, 3.63) is 74.8 Å². The van der Waals surface area contributed by atoms with Gasteiger partial charge in [-0.25, -0.2) is 9.18 Å². The van der Waals surface area contributed by atoms with Gasteiger partial charge in [0, 0.05) is 21.0 Å². The van der Waals surface area contributed by atoms with Crippen LogP contribution in [-0.4, -0.2) is 17.0 Å². The summed E-state index contributed by atoms with van der Waals surface area (Å²) in [6.07, 6.45) is 0. The average molecular weight is 434 g/mol. The number of amides is 1. The highest BCUT2D eigenvalue weighted by molar-refractivity contribution is 9.10. The second-order valence-corrected chi connectivity index (χ2v) is 7.38. The number of carbonyl (C=O) groups excluding carboxylic acids is 1. The summed E-state index contributed by atoms with van der Waals surface area (Å²) in [5, 5.41) is 14.1. The molecule has 0 radical (unpaired) electrons. The van der Waals surface area contributed by atoms with Gasteiger partial charge in [0.1, 0.15) is 16.4 Å². The third kappa shape index (κ3) is 3.68. The number of aromatic carboxylic acids is 1. The van der Waals surface area contributed by atoms with E-state index in [2.05, 4.69) is 21.2 Å². The SMILES string of the molecule is Cc1ccc(C(=O)Nc2scc(-c3ccc(Br)cc3)c2C(=O)O)cc1F. The predicted octanol–water partition coefficient (Wildman–Crippen LogP) is 5.58. The largest absolute Gasteiger partial charge is 0.478 e. The lowest BCUT2D eigenvalue weighted by Gasteiger charge is -2.07. The summed E-state index contributed by atoms with van der Waals surface area (Å²) in [6, 6.07) is 11.3. The molecule has 0 atom stereocenters. The number of nitrogens with one attached hydrogen (secondary N) is 1. The van der Waals surface area contributed by atoms with E-state index < -0.39 is 17.7 Å². The lowest BCUT2D eigenvalue weighted by molar-refractivity contribution is 0.0699. The highest BCUT2D eigenvalue weighted by atomic mass is 79.9. The Balaban J connectivity index is 1.95. The quantitative estimate of drug-likeness (QED) is 0.564. The van der Waals surface area contributed by atoms with Crippen molar-refractivity contribution in [2.75, 3.05) is 5.32 Å². The fourth-order valence-electron chi connectivity index (χ4n) is 2.41. The maximum Gasteiger partial charge on any atom is 0.339 e. The molecular formula is C19H13BrFNO3S. The summed E-state index contributed by atoms with van der Waals surface area (Å²) in [7, 11) is 0. The van der Waals surface area contributed by atoms with Crippen molar-refractivity contribution in [2.45, 2.75) is 6.92 Å². The van der Waals surface area contributed by atoms with Crippen LogP contribution in [0.25, 0.3) is 11.1 Å².